The molecule has 0 aromatic carbocycles. The third-order valence-corrected chi connectivity index (χ3v) is 2.90. The van der Waals surface area contributed by atoms with Crippen LogP contribution >= 0.6 is 11.3 Å². The lowest BCUT2D eigenvalue weighted by Crippen LogP contribution is -1.94. The molecule has 1 aliphatic rings. The first kappa shape index (κ1) is 7.25. The summed E-state index contributed by atoms with van der Waals surface area (Å²) in [6, 6.07) is 0. The summed E-state index contributed by atoms with van der Waals surface area (Å²) in [6.45, 7) is 2.93. The number of ether oxygens (including phenoxy) is 1. The lowest BCUT2D eigenvalue weighted by atomic mass is 10.2. The maximum absolute atomic E-state index is 5.50. The van der Waals surface area contributed by atoms with Crippen molar-refractivity contribution in [2.75, 3.05) is 6.61 Å². The highest BCUT2D eigenvalue weighted by Crippen LogP contribution is 2.30. The van der Waals surface area contributed by atoms with Gasteiger partial charge in [-0.2, -0.15) is 0 Å². The van der Waals surface area contributed by atoms with Crippen LogP contribution in [0.2, 0.25) is 0 Å². The summed E-state index contributed by atoms with van der Waals surface area (Å²) in [7, 11) is 0. The summed E-state index contributed by atoms with van der Waals surface area (Å²) < 4.78 is 5.50. The van der Waals surface area contributed by atoms with E-state index in [9.17, 15) is 0 Å². The van der Waals surface area contributed by atoms with Crippen LogP contribution in [0.15, 0.2) is 5.38 Å². The van der Waals surface area contributed by atoms with Crippen molar-refractivity contribution in [3.63, 3.8) is 0 Å². The molecule has 0 unspecified atom stereocenters. The number of aromatic nitrogens is 1. The van der Waals surface area contributed by atoms with Crippen LogP contribution in [0.3, 0.4) is 0 Å². The molecule has 0 amide bonds. The Bertz CT molecular complexity index is 240. The van der Waals surface area contributed by atoms with Crippen LogP contribution in [0.25, 0.3) is 0 Å². The van der Waals surface area contributed by atoms with E-state index >= 15 is 0 Å². The Kier molecular flexibility index (Phi) is 1.92. The first-order valence-corrected chi connectivity index (χ1v) is 4.78. The number of nitrogens with zero attached hydrogens (tertiary/aromatic N) is 1. The molecule has 0 radical (unpaired) electrons. The van der Waals surface area contributed by atoms with Gasteiger partial charge in [0.25, 0.3) is 0 Å². The smallest absolute Gasteiger partial charge is 0.122 e. The Morgan fingerprint density at radius 3 is 3.18 bits per heavy atom. The van der Waals surface area contributed by atoms with Crippen molar-refractivity contribution in [2.45, 2.75) is 25.9 Å². The standard InChI is InChI=1S/C8H11NOS/c1-6-5-11-8(9-6)7-3-2-4-10-7/h5,7H,2-4H2,1H3/t7-/m0/s1. The van der Waals surface area contributed by atoms with Crippen molar-refractivity contribution < 1.29 is 4.74 Å². The summed E-state index contributed by atoms with van der Waals surface area (Å²) in [5.41, 5.74) is 1.11. The van der Waals surface area contributed by atoms with Gasteiger partial charge in [-0.25, -0.2) is 4.98 Å². The first-order valence-electron chi connectivity index (χ1n) is 3.90. The van der Waals surface area contributed by atoms with Crippen molar-refractivity contribution in [1.82, 2.24) is 4.98 Å². The second kappa shape index (κ2) is 2.91. The van der Waals surface area contributed by atoms with E-state index in [0.29, 0.717) is 6.10 Å². The summed E-state index contributed by atoms with van der Waals surface area (Å²) in [6.07, 6.45) is 2.63. The van der Waals surface area contributed by atoms with Crippen molar-refractivity contribution in [3.05, 3.63) is 16.1 Å². The Hall–Kier alpha value is -0.410. The number of thiazole rings is 1. The second-order valence-corrected chi connectivity index (χ2v) is 3.72. The average molecular weight is 169 g/mol. The van der Waals surface area contributed by atoms with Gasteiger partial charge >= 0.3 is 0 Å². The van der Waals surface area contributed by atoms with Gasteiger partial charge in [0.1, 0.15) is 11.1 Å². The quantitative estimate of drug-likeness (QED) is 0.643. The number of rotatable bonds is 1. The van der Waals surface area contributed by atoms with Crippen molar-refractivity contribution >= 4 is 11.3 Å². The SMILES string of the molecule is Cc1csc([C@@H]2CCCO2)n1. The van der Waals surface area contributed by atoms with Crippen LogP contribution < -0.4 is 0 Å². The van der Waals surface area contributed by atoms with E-state index in [1.807, 2.05) is 6.92 Å². The summed E-state index contributed by atoms with van der Waals surface area (Å²) in [5, 5.41) is 3.23. The lowest BCUT2D eigenvalue weighted by molar-refractivity contribution is 0.111. The van der Waals surface area contributed by atoms with E-state index in [0.717, 1.165) is 23.7 Å². The zero-order chi connectivity index (χ0) is 7.68. The fraction of sp³-hybridized carbons (Fsp3) is 0.625. The molecule has 2 rings (SSSR count). The molecule has 0 N–H and O–H groups in total. The van der Waals surface area contributed by atoms with Crippen molar-refractivity contribution in [1.29, 1.82) is 0 Å². The van der Waals surface area contributed by atoms with Gasteiger partial charge in [0.2, 0.25) is 0 Å². The summed E-state index contributed by atoms with van der Waals surface area (Å²) in [5.74, 6) is 0. The Labute approximate surface area is 70.2 Å². The molecule has 1 aromatic heterocycles. The molecule has 0 saturated carbocycles. The third-order valence-electron chi connectivity index (χ3n) is 1.84. The molecule has 0 spiro atoms. The normalized spacial score (nSPS) is 24.3. The largest absolute Gasteiger partial charge is 0.371 e. The zero-order valence-electron chi connectivity index (χ0n) is 6.54. The van der Waals surface area contributed by atoms with Gasteiger partial charge in [-0.15, -0.1) is 11.3 Å². The minimum atomic E-state index is 0.300. The number of hydrogen-bond acceptors (Lipinski definition) is 3. The van der Waals surface area contributed by atoms with Crippen LogP contribution in [0, 0.1) is 6.92 Å². The van der Waals surface area contributed by atoms with Crippen LogP contribution in [-0.4, -0.2) is 11.6 Å². The van der Waals surface area contributed by atoms with E-state index in [-0.39, 0.29) is 0 Å². The number of hydrogen-bond donors (Lipinski definition) is 0. The molecule has 1 fully saturated rings. The van der Waals surface area contributed by atoms with E-state index in [2.05, 4.69) is 10.4 Å². The molecule has 60 valence electrons. The monoisotopic (exact) mass is 169 g/mol. The Balaban J connectivity index is 2.15. The molecular weight excluding hydrogens is 158 g/mol. The minimum absolute atomic E-state index is 0.300. The van der Waals surface area contributed by atoms with Gasteiger partial charge < -0.3 is 4.74 Å². The molecule has 0 aliphatic carbocycles. The maximum Gasteiger partial charge on any atom is 0.122 e. The molecule has 1 atom stereocenters. The molecule has 11 heavy (non-hydrogen) atoms. The Morgan fingerprint density at radius 2 is 2.64 bits per heavy atom. The molecule has 2 nitrogen and oxygen atoms in total. The van der Waals surface area contributed by atoms with Gasteiger partial charge in [-0.05, 0) is 19.8 Å². The summed E-state index contributed by atoms with van der Waals surface area (Å²) in [4.78, 5) is 4.39. The van der Waals surface area contributed by atoms with Gasteiger partial charge in [0.15, 0.2) is 0 Å². The average Bonchev–Trinajstić information content (AvgIpc) is 2.55. The predicted molar refractivity (Wildman–Crippen MR) is 44.8 cm³/mol. The van der Waals surface area contributed by atoms with Gasteiger partial charge in [0.05, 0.1) is 0 Å². The van der Waals surface area contributed by atoms with Crippen LogP contribution in [0.1, 0.15) is 29.6 Å². The second-order valence-electron chi connectivity index (χ2n) is 2.83. The van der Waals surface area contributed by atoms with Crippen molar-refractivity contribution in [2.24, 2.45) is 0 Å². The lowest BCUT2D eigenvalue weighted by Gasteiger charge is -2.02. The fourth-order valence-corrected chi connectivity index (χ4v) is 2.17. The third kappa shape index (κ3) is 1.44. The molecule has 0 bridgehead atoms. The van der Waals surface area contributed by atoms with Gasteiger partial charge in [-0.3, -0.25) is 0 Å². The molecule has 2 heterocycles. The van der Waals surface area contributed by atoms with E-state index in [4.69, 9.17) is 4.74 Å². The van der Waals surface area contributed by atoms with Crippen LogP contribution in [0.4, 0.5) is 0 Å². The molecular formula is C8H11NOS. The van der Waals surface area contributed by atoms with Gasteiger partial charge in [0, 0.05) is 17.7 Å². The predicted octanol–water partition coefficient (Wildman–Crippen LogP) is 2.30. The highest BCUT2D eigenvalue weighted by Gasteiger charge is 2.19. The van der Waals surface area contributed by atoms with Crippen LogP contribution in [0.5, 0.6) is 0 Å². The minimum Gasteiger partial charge on any atom is -0.371 e. The molecule has 1 saturated heterocycles. The van der Waals surface area contributed by atoms with E-state index in [1.165, 1.54) is 6.42 Å². The molecule has 1 aliphatic heterocycles. The Morgan fingerprint density at radius 1 is 1.73 bits per heavy atom. The summed E-state index contributed by atoms with van der Waals surface area (Å²) >= 11 is 1.71. The fourth-order valence-electron chi connectivity index (χ4n) is 1.29. The van der Waals surface area contributed by atoms with Crippen molar-refractivity contribution in [3.8, 4) is 0 Å². The van der Waals surface area contributed by atoms with Crippen LogP contribution in [-0.2, 0) is 4.74 Å². The first-order chi connectivity index (χ1) is 5.36. The highest BCUT2D eigenvalue weighted by atomic mass is 32.1. The van der Waals surface area contributed by atoms with Gasteiger partial charge in [-0.1, -0.05) is 0 Å². The molecule has 1 aromatic rings. The van der Waals surface area contributed by atoms with E-state index in [1.54, 1.807) is 11.3 Å². The maximum atomic E-state index is 5.50. The zero-order valence-corrected chi connectivity index (χ0v) is 7.36. The number of aryl methyl sites for hydroxylation is 1. The topological polar surface area (TPSA) is 22.1 Å². The highest BCUT2D eigenvalue weighted by molar-refractivity contribution is 7.09. The molecule has 3 heteroatoms. The van der Waals surface area contributed by atoms with E-state index < -0.39 is 0 Å².